The summed E-state index contributed by atoms with van der Waals surface area (Å²) in [7, 11) is 0. The summed E-state index contributed by atoms with van der Waals surface area (Å²) in [6, 6.07) is -0.268. The first-order chi connectivity index (χ1) is 8.73. The van der Waals surface area contributed by atoms with Gasteiger partial charge in [-0.25, -0.2) is 0 Å². The van der Waals surface area contributed by atoms with Crippen LogP contribution < -0.4 is 11.1 Å². The Kier molecular flexibility index (Phi) is 5.67. The zero-order valence-corrected chi connectivity index (χ0v) is 13.0. The predicted molar refractivity (Wildman–Crippen MR) is 78.7 cm³/mol. The van der Waals surface area contributed by atoms with Gasteiger partial charge >= 0.3 is 0 Å². The van der Waals surface area contributed by atoms with Crippen molar-refractivity contribution in [3.63, 3.8) is 0 Å². The lowest BCUT2D eigenvalue weighted by Crippen LogP contribution is -2.50. The molecule has 0 saturated carbocycles. The molecule has 2 unspecified atom stereocenters. The molecule has 2 atom stereocenters. The van der Waals surface area contributed by atoms with E-state index in [0.29, 0.717) is 18.2 Å². The molecule has 1 fully saturated rings. The molecule has 5 nitrogen and oxygen atoms in total. The second-order valence-corrected chi connectivity index (χ2v) is 7.10. The fraction of sp³-hybridized carbons (Fsp3) is 0.846. The summed E-state index contributed by atoms with van der Waals surface area (Å²) in [6.07, 6.45) is 0.749. The maximum atomic E-state index is 12.3. The minimum atomic E-state index is -0.449. The molecule has 19 heavy (non-hydrogen) atoms. The third kappa shape index (κ3) is 4.69. The van der Waals surface area contributed by atoms with Crippen LogP contribution in [-0.4, -0.2) is 47.0 Å². The van der Waals surface area contributed by atoms with E-state index in [1.165, 1.54) is 0 Å². The highest BCUT2D eigenvalue weighted by atomic mass is 32.2. The molecule has 1 aliphatic rings. The van der Waals surface area contributed by atoms with Crippen molar-refractivity contribution >= 4 is 23.6 Å². The number of hydrogen-bond donors (Lipinski definition) is 2. The van der Waals surface area contributed by atoms with E-state index < -0.39 is 5.41 Å². The van der Waals surface area contributed by atoms with Crippen molar-refractivity contribution in [1.29, 1.82) is 0 Å². The summed E-state index contributed by atoms with van der Waals surface area (Å²) in [6.45, 7) is 8.11. The Morgan fingerprint density at radius 2 is 2.11 bits per heavy atom. The largest absolute Gasteiger partial charge is 0.354 e. The van der Waals surface area contributed by atoms with Crippen LogP contribution in [0, 0.1) is 5.41 Å². The molecule has 2 amide bonds. The van der Waals surface area contributed by atoms with Gasteiger partial charge in [0.1, 0.15) is 6.04 Å². The van der Waals surface area contributed by atoms with Crippen molar-refractivity contribution in [2.24, 2.45) is 11.1 Å². The number of thioether (sulfide) groups is 1. The van der Waals surface area contributed by atoms with Crippen molar-refractivity contribution < 1.29 is 9.59 Å². The summed E-state index contributed by atoms with van der Waals surface area (Å²) in [5, 5.41) is 2.87. The molecule has 6 heteroatoms. The smallest absolute Gasteiger partial charge is 0.243 e. The van der Waals surface area contributed by atoms with Gasteiger partial charge < -0.3 is 16.0 Å². The average molecular weight is 287 g/mol. The number of hydrogen-bond acceptors (Lipinski definition) is 4. The SMILES string of the molecule is CC(N)CCNC(=O)C1CSCN1C(=O)C(C)(C)C. The van der Waals surface area contributed by atoms with E-state index in [1.807, 2.05) is 27.7 Å². The van der Waals surface area contributed by atoms with Gasteiger partial charge in [-0.3, -0.25) is 9.59 Å². The van der Waals surface area contributed by atoms with E-state index >= 15 is 0 Å². The highest BCUT2D eigenvalue weighted by Gasteiger charge is 2.38. The average Bonchev–Trinajstić information content (AvgIpc) is 2.74. The molecular weight excluding hydrogens is 262 g/mol. The molecule has 110 valence electrons. The lowest BCUT2D eigenvalue weighted by atomic mass is 9.94. The molecule has 0 aromatic rings. The van der Waals surface area contributed by atoms with Crippen LogP contribution >= 0.6 is 11.8 Å². The van der Waals surface area contributed by atoms with E-state index in [2.05, 4.69) is 5.32 Å². The Morgan fingerprint density at radius 3 is 2.63 bits per heavy atom. The molecule has 0 radical (unpaired) electrons. The molecule has 0 aliphatic carbocycles. The van der Waals surface area contributed by atoms with Crippen molar-refractivity contribution in [1.82, 2.24) is 10.2 Å². The second-order valence-electron chi connectivity index (χ2n) is 6.10. The van der Waals surface area contributed by atoms with Gasteiger partial charge in [-0.15, -0.1) is 11.8 Å². The van der Waals surface area contributed by atoms with Gasteiger partial charge in [-0.2, -0.15) is 0 Å². The fourth-order valence-electron chi connectivity index (χ4n) is 1.83. The van der Waals surface area contributed by atoms with Crippen LogP contribution in [0.3, 0.4) is 0 Å². The molecule has 0 aromatic heterocycles. The maximum Gasteiger partial charge on any atom is 0.243 e. The third-order valence-corrected chi connectivity index (χ3v) is 4.00. The molecule has 1 heterocycles. The molecule has 0 spiro atoms. The van der Waals surface area contributed by atoms with Gasteiger partial charge in [-0.1, -0.05) is 20.8 Å². The molecule has 1 rings (SSSR count). The van der Waals surface area contributed by atoms with E-state index in [9.17, 15) is 9.59 Å². The number of nitrogens with one attached hydrogen (secondary N) is 1. The fourth-order valence-corrected chi connectivity index (χ4v) is 2.99. The number of nitrogens with zero attached hydrogens (tertiary/aromatic N) is 1. The second kappa shape index (κ2) is 6.61. The van der Waals surface area contributed by atoms with Crippen molar-refractivity contribution in [2.75, 3.05) is 18.2 Å². The van der Waals surface area contributed by atoms with Gasteiger partial charge in [0.15, 0.2) is 0 Å². The first-order valence-electron chi connectivity index (χ1n) is 6.65. The summed E-state index contributed by atoms with van der Waals surface area (Å²) in [5.41, 5.74) is 5.20. The van der Waals surface area contributed by atoms with E-state index in [4.69, 9.17) is 5.73 Å². The van der Waals surface area contributed by atoms with E-state index in [1.54, 1.807) is 16.7 Å². The summed E-state index contributed by atoms with van der Waals surface area (Å²) in [5.74, 6) is 1.24. The first kappa shape index (κ1) is 16.3. The standard InChI is InChI=1S/C13H25N3O2S/c1-9(14)5-6-15-11(17)10-7-19-8-16(10)12(18)13(2,3)4/h9-10H,5-8,14H2,1-4H3,(H,15,17). The molecular formula is C13H25N3O2S. The minimum absolute atomic E-state index is 0.0323. The Bertz CT molecular complexity index is 339. The minimum Gasteiger partial charge on any atom is -0.354 e. The van der Waals surface area contributed by atoms with Crippen molar-refractivity contribution in [2.45, 2.75) is 46.2 Å². The zero-order chi connectivity index (χ0) is 14.6. The van der Waals surface area contributed by atoms with E-state index in [0.717, 1.165) is 6.42 Å². The van der Waals surface area contributed by atoms with Gasteiger partial charge in [0.05, 0.1) is 5.88 Å². The maximum absolute atomic E-state index is 12.3. The Balaban J connectivity index is 2.56. The molecule has 1 saturated heterocycles. The number of carbonyl (C=O) groups excluding carboxylic acids is 2. The number of rotatable bonds is 4. The summed E-state index contributed by atoms with van der Waals surface area (Å²) >= 11 is 1.62. The zero-order valence-electron chi connectivity index (χ0n) is 12.2. The Labute approximate surface area is 119 Å². The monoisotopic (exact) mass is 287 g/mol. The Morgan fingerprint density at radius 1 is 1.47 bits per heavy atom. The highest BCUT2D eigenvalue weighted by Crippen LogP contribution is 2.27. The lowest BCUT2D eigenvalue weighted by Gasteiger charge is -2.29. The Hall–Kier alpha value is -0.750. The van der Waals surface area contributed by atoms with Gasteiger partial charge in [-0.05, 0) is 13.3 Å². The van der Waals surface area contributed by atoms with Crippen LogP contribution in [0.2, 0.25) is 0 Å². The van der Waals surface area contributed by atoms with Crippen LogP contribution in [0.15, 0.2) is 0 Å². The van der Waals surface area contributed by atoms with Crippen molar-refractivity contribution in [3.05, 3.63) is 0 Å². The first-order valence-corrected chi connectivity index (χ1v) is 7.81. The molecule has 1 aliphatic heterocycles. The van der Waals surface area contributed by atoms with Gasteiger partial charge in [0, 0.05) is 23.8 Å². The quantitative estimate of drug-likeness (QED) is 0.801. The highest BCUT2D eigenvalue weighted by molar-refractivity contribution is 7.99. The van der Waals surface area contributed by atoms with Crippen LogP contribution in [0.5, 0.6) is 0 Å². The summed E-state index contributed by atoms with van der Waals surface area (Å²) < 4.78 is 0. The molecule has 0 bridgehead atoms. The number of nitrogens with two attached hydrogens (primary N) is 1. The number of carbonyl (C=O) groups is 2. The van der Waals surface area contributed by atoms with Crippen LogP contribution in [0.25, 0.3) is 0 Å². The van der Waals surface area contributed by atoms with Crippen LogP contribution in [0.1, 0.15) is 34.1 Å². The lowest BCUT2D eigenvalue weighted by molar-refractivity contribution is -0.144. The van der Waals surface area contributed by atoms with Crippen molar-refractivity contribution in [3.8, 4) is 0 Å². The normalized spacial score (nSPS) is 21.3. The molecule has 3 N–H and O–H groups in total. The van der Waals surface area contributed by atoms with Crippen LogP contribution in [0.4, 0.5) is 0 Å². The van der Waals surface area contributed by atoms with Gasteiger partial charge in [0.25, 0.3) is 0 Å². The third-order valence-electron chi connectivity index (χ3n) is 2.99. The summed E-state index contributed by atoms with van der Waals surface area (Å²) in [4.78, 5) is 26.1. The number of amides is 2. The van der Waals surface area contributed by atoms with Gasteiger partial charge in [0.2, 0.25) is 11.8 Å². The molecule has 0 aromatic carbocycles. The van der Waals surface area contributed by atoms with Crippen LogP contribution in [-0.2, 0) is 9.59 Å². The topological polar surface area (TPSA) is 75.4 Å². The van der Waals surface area contributed by atoms with E-state index in [-0.39, 0.29) is 23.9 Å². The predicted octanol–water partition coefficient (Wildman–Crippen LogP) is 0.788.